The van der Waals surface area contributed by atoms with E-state index in [9.17, 15) is 0 Å². The summed E-state index contributed by atoms with van der Waals surface area (Å²) in [6.07, 6.45) is 1.26. The Balaban J connectivity index is -0.000000125. The second kappa shape index (κ2) is 6.56. The first-order valence-corrected chi connectivity index (χ1v) is 2.42. The van der Waals surface area contributed by atoms with Gasteiger partial charge in [-0.05, 0) is 27.1 Å². The summed E-state index contributed by atoms with van der Waals surface area (Å²) in [6, 6.07) is 0. The van der Waals surface area contributed by atoms with Gasteiger partial charge < -0.3 is 6.33 Å². The van der Waals surface area contributed by atoms with Crippen molar-refractivity contribution in [3.05, 3.63) is 0 Å². The first-order chi connectivity index (χ1) is 2.77. The van der Waals surface area contributed by atoms with E-state index in [1.807, 2.05) is 0 Å². The average Bonchev–Trinajstić information content (AvgIpc) is 1.35. The maximum atomic E-state index is 2.18. The van der Waals surface area contributed by atoms with Gasteiger partial charge in [0.05, 0.1) is 0 Å². The van der Waals surface area contributed by atoms with Gasteiger partial charge in [-0.2, -0.15) is 0 Å². The Labute approximate surface area is 59.7 Å². The van der Waals surface area contributed by atoms with E-state index < -0.39 is 0 Å². The van der Waals surface area contributed by atoms with Crippen molar-refractivity contribution in [2.45, 2.75) is 13.3 Å². The van der Waals surface area contributed by atoms with Crippen LogP contribution in [0.5, 0.6) is 0 Å². The Morgan fingerprint density at radius 2 is 1.86 bits per heavy atom. The fourth-order valence-corrected chi connectivity index (χ4v) is 0.447. The molecule has 0 N–H and O–H groups in total. The van der Waals surface area contributed by atoms with Crippen LogP contribution in [-0.2, 0) is 0 Å². The Bertz CT molecular complexity index is 33.6. The van der Waals surface area contributed by atoms with E-state index in [-0.39, 0.29) is 20.3 Å². The van der Waals surface area contributed by atoms with Crippen molar-refractivity contribution in [2.24, 2.45) is 0 Å². The van der Waals surface area contributed by atoms with E-state index in [1.165, 1.54) is 13.0 Å². The SMILES string of the molecule is CCCN(C)C.[H-].[Li+]. The molecule has 0 heterocycles. The zero-order chi connectivity index (χ0) is 4.99. The predicted molar refractivity (Wildman–Crippen MR) is 30.0 cm³/mol. The van der Waals surface area contributed by atoms with Crippen LogP contribution in [0.4, 0.5) is 0 Å². The minimum atomic E-state index is 0. The molecule has 0 radical (unpaired) electrons. The molecule has 0 atom stereocenters. The maximum absolute atomic E-state index is 2.18. The molecule has 0 aromatic carbocycles. The first-order valence-electron chi connectivity index (χ1n) is 2.42. The summed E-state index contributed by atoms with van der Waals surface area (Å²) in [6.45, 7) is 3.39. The van der Waals surface area contributed by atoms with Crippen LogP contribution in [0.1, 0.15) is 14.8 Å². The summed E-state index contributed by atoms with van der Waals surface area (Å²) in [4.78, 5) is 2.18. The molecule has 0 amide bonds. The van der Waals surface area contributed by atoms with Gasteiger partial charge in [0.1, 0.15) is 0 Å². The van der Waals surface area contributed by atoms with E-state index in [1.54, 1.807) is 0 Å². The number of nitrogens with zero attached hydrogens (tertiary/aromatic N) is 1. The average molecular weight is 95.1 g/mol. The minimum Gasteiger partial charge on any atom is -1.00 e. The van der Waals surface area contributed by atoms with Gasteiger partial charge in [0.2, 0.25) is 0 Å². The number of hydrogen-bond acceptors (Lipinski definition) is 1. The molecule has 40 valence electrons. The molecule has 0 aliphatic rings. The molecule has 0 fully saturated rings. The van der Waals surface area contributed by atoms with Crippen molar-refractivity contribution < 1.29 is 20.3 Å². The van der Waals surface area contributed by atoms with Crippen molar-refractivity contribution in [3.8, 4) is 0 Å². The molecule has 0 unspecified atom stereocenters. The Morgan fingerprint density at radius 1 is 1.43 bits per heavy atom. The standard InChI is InChI=1S/C5H13N.Li.H/c1-4-5-6(2)3;;/h4-5H2,1-3H3;;/q;+1;-1. The Hall–Kier alpha value is 0.557. The van der Waals surface area contributed by atoms with E-state index in [0.717, 1.165) is 0 Å². The molecule has 0 spiro atoms. The van der Waals surface area contributed by atoms with Crippen LogP contribution in [0.15, 0.2) is 0 Å². The molecule has 0 rings (SSSR count). The fourth-order valence-electron chi connectivity index (χ4n) is 0.447. The van der Waals surface area contributed by atoms with Gasteiger partial charge in [0, 0.05) is 0 Å². The van der Waals surface area contributed by atoms with Crippen molar-refractivity contribution in [1.29, 1.82) is 0 Å². The molecule has 1 nitrogen and oxygen atoms in total. The zero-order valence-electron chi connectivity index (χ0n) is 6.86. The van der Waals surface area contributed by atoms with Crippen LogP contribution < -0.4 is 18.9 Å². The summed E-state index contributed by atoms with van der Waals surface area (Å²) in [5.74, 6) is 0. The second-order valence-corrected chi connectivity index (χ2v) is 1.80. The Morgan fingerprint density at radius 3 is 1.86 bits per heavy atom. The molecule has 0 saturated carbocycles. The zero-order valence-corrected chi connectivity index (χ0v) is 5.86. The third kappa shape index (κ3) is 10.8. The third-order valence-electron chi connectivity index (χ3n) is 0.671. The molecule has 0 aromatic heterocycles. The monoisotopic (exact) mass is 95.1 g/mol. The predicted octanol–water partition coefficient (Wildman–Crippen LogP) is -1.93. The van der Waals surface area contributed by atoms with Gasteiger partial charge in [-0.1, -0.05) is 6.92 Å². The van der Waals surface area contributed by atoms with Crippen LogP contribution in [0, 0.1) is 0 Å². The molecule has 0 aliphatic heterocycles. The maximum Gasteiger partial charge on any atom is 1.00 e. The van der Waals surface area contributed by atoms with Crippen LogP contribution in [0.3, 0.4) is 0 Å². The van der Waals surface area contributed by atoms with E-state index in [4.69, 9.17) is 0 Å². The van der Waals surface area contributed by atoms with Gasteiger partial charge >= 0.3 is 18.9 Å². The summed E-state index contributed by atoms with van der Waals surface area (Å²) < 4.78 is 0. The van der Waals surface area contributed by atoms with Gasteiger partial charge in [-0.3, -0.25) is 0 Å². The van der Waals surface area contributed by atoms with Gasteiger partial charge in [0.15, 0.2) is 0 Å². The summed E-state index contributed by atoms with van der Waals surface area (Å²) in [5, 5.41) is 0. The van der Waals surface area contributed by atoms with Crippen LogP contribution in [0.25, 0.3) is 0 Å². The molecule has 0 aromatic rings. The van der Waals surface area contributed by atoms with Crippen molar-refractivity contribution in [3.63, 3.8) is 0 Å². The van der Waals surface area contributed by atoms with Crippen molar-refractivity contribution in [2.75, 3.05) is 20.6 Å². The smallest absolute Gasteiger partial charge is 1.00 e. The quantitative estimate of drug-likeness (QED) is 0.361. The summed E-state index contributed by atoms with van der Waals surface area (Å²) in [7, 11) is 4.17. The normalized spacial score (nSPS) is 8.57. The van der Waals surface area contributed by atoms with Crippen molar-refractivity contribution in [1.82, 2.24) is 4.90 Å². The molecular formula is C5H14LiN. The molecular weight excluding hydrogens is 81.0 g/mol. The van der Waals surface area contributed by atoms with Crippen LogP contribution in [-0.4, -0.2) is 25.5 Å². The van der Waals surface area contributed by atoms with E-state index >= 15 is 0 Å². The van der Waals surface area contributed by atoms with Gasteiger partial charge in [-0.25, -0.2) is 0 Å². The third-order valence-corrected chi connectivity index (χ3v) is 0.671. The van der Waals surface area contributed by atoms with E-state index in [2.05, 4.69) is 25.9 Å². The first kappa shape index (κ1) is 10.5. The summed E-state index contributed by atoms with van der Waals surface area (Å²) in [5.41, 5.74) is 0. The van der Waals surface area contributed by atoms with Gasteiger partial charge in [0.25, 0.3) is 0 Å². The van der Waals surface area contributed by atoms with Crippen molar-refractivity contribution >= 4 is 0 Å². The minimum absolute atomic E-state index is 0. The molecule has 0 bridgehead atoms. The Kier molecular flexibility index (Phi) is 9.86. The topological polar surface area (TPSA) is 3.24 Å². The van der Waals surface area contributed by atoms with Gasteiger partial charge in [-0.15, -0.1) is 0 Å². The molecule has 2 heteroatoms. The largest absolute Gasteiger partial charge is 1.00 e. The number of hydrogen-bond donors (Lipinski definition) is 0. The molecule has 0 saturated heterocycles. The van der Waals surface area contributed by atoms with Crippen LogP contribution >= 0.6 is 0 Å². The second-order valence-electron chi connectivity index (χ2n) is 1.80. The fraction of sp³-hybridized carbons (Fsp3) is 1.00. The van der Waals surface area contributed by atoms with E-state index in [0.29, 0.717) is 0 Å². The van der Waals surface area contributed by atoms with Crippen LogP contribution in [0.2, 0.25) is 0 Å². The molecule has 0 aliphatic carbocycles. The molecule has 7 heavy (non-hydrogen) atoms. The summed E-state index contributed by atoms with van der Waals surface area (Å²) >= 11 is 0. The number of rotatable bonds is 2.